The lowest BCUT2D eigenvalue weighted by Gasteiger charge is -2.06. The lowest BCUT2D eigenvalue weighted by Crippen LogP contribution is -1.88. The van der Waals surface area contributed by atoms with Gasteiger partial charge in [-0.05, 0) is 31.2 Å². The average molecular weight is 241 g/mol. The van der Waals surface area contributed by atoms with Gasteiger partial charge in [-0.3, -0.25) is 4.98 Å². The molecule has 0 atom stereocenters. The Balaban J connectivity index is 2.03. The van der Waals surface area contributed by atoms with Gasteiger partial charge in [0.2, 0.25) is 0 Å². The van der Waals surface area contributed by atoms with Gasteiger partial charge in [0.15, 0.2) is 0 Å². The van der Waals surface area contributed by atoms with Crippen LogP contribution in [0.15, 0.2) is 48.0 Å². The number of nitrogens with zero attached hydrogens (tertiary/aromatic N) is 1. The van der Waals surface area contributed by atoms with Crippen LogP contribution in [0.2, 0.25) is 0 Å². The second kappa shape index (κ2) is 4.18. The summed E-state index contributed by atoms with van der Waals surface area (Å²) in [5.74, 6) is 1.72. The minimum Gasteiger partial charge on any atom is -0.454 e. The van der Waals surface area contributed by atoms with Crippen LogP contribution in [0, 0.1) is 6.92 Å². The summed E-state index contributed by atoms with van der Waals surface area (Å²) < 4.78 is 7.15. The fourth-order valence-electron chi connectivity index (χ4n) is 1.73. The summed E-state index contributed by atoms with van der Waals surface area (Å²) in [6.07, 6.45) is 1.77. The standard InChI is InChI=1S/C14H11NOS/c1-10-12(6-4-8-15-10)16-13-9-17-14-7-3-2-5-11(13)14/h2-9H,1H3. The lowest BCUT2D eigenvalue weighted by molar-refractivity contribution is 0.483. The van der Waals surface area contributed by atoms with Gasteiger partial charge in [-0.25, -0.2) is 0 Å². The molecule has 84 valence electrons. The zero-order valence-corrected chi connectivity index (χ0v) is 10.2. The van der Waals surface area contributed by atoms with Crippen molar-refractivity contribution >= 4 is 21.4 Å². The van der Waals surface area contributed by atoms with Crippen LogP contribution in [-0.4, -0.2) is 4.98 Å². The van der Waals surface area contributed by atoms with Gasteiger partial charge in [0.25, 0.3) is 0 Å². The highest BCUT2D eigenvalue weighted by Gasteiger charge is 2.07. The quantitative estimate of drug-likeness (QED) is 0.663. The first-order chi connectivity index (χ1) is 8.34. The van der Waals surface area contributed by atoms with Gasteiger partial charge < -0.3 is 4.74 Å². The molecule has 3 heteroatoms. The molecule has 0 saturated carbocycles. The fraction of sp³-hybridized carbons (Fsp3) is 0.0714. The van der Waals surface area contributed by atoms with Crippen molar-refractivity contribution in [2.24, 2.45) is 0 Å². The van der Waals surface area contributed by atoms with Crippen molar-refractivity contribution in [3.63, 3.8) is 0 Å². The number of rotatable bonds is 2. The van der Waals surface area contributed by atoms with Crippen molar-refractivity contribution < 1.29 is 4.74 Å². The zero-order chi connectivity index (χ0) is 11.7. The van der Waals surface area contributed by atoms with Gasteiger partial charge in [-0.15, -0.1) is 11.3 Å². The summed E-state index contributed by atoms with van der Waals surface area (Å²) in [7, 11) is 0. The van der Waals surface area contributed by atoms with Crippen LogP contribution in [0.25, 0.3) is 10.1 Å². The molecule has 0 saturated heterocycles. The molecule has 2 nitrogen and oxygen atoms in total. The maximum Gasteiger partial charge on any atom is 0.148 e. The molecule has 0 unspecified atom stereocenters. The zero-order valence-electron chi connectivity index (χ0n) is 9.38. The first kappa shape index (κ1) is 10.3. The molecule has 2 aromatic heterocycles. The van der Waals surface area contributed by atoms with Gasteiger partial charge in [-0.2, -0.15) is 0 Å². The third kappa shape index (κ3) is 1.89. The number of aryl methyl sites for hydroxylation is 1. The number of benzene rings is 1. The summed E-state index contributed by atoms with van der Waals surface area (Å²) >= 11 is 1.69. The number of aromatic nitrogens is 1. The van der Waals surface area contributed by atoms with E-state index in [-0.39, 0.29) is 0 Å². The Labute approximate surface area is 104 Å². The first-order valence-corrected chi connectivity index (χ1v) is 6.28. The Morgan fingerprint density at radius 1 is 1.06 bits per heavy atom. The molecular weight excluding hydrogens is 230 g/mol. The Morgan fingerprint density at radius 3 is 2.82 bits per heavy atom. The number of hydrogen-bond donors (Lipinski definition) is 0. The second-order valence-electron chi connectivity index (χ2n) is 3.79. The van der Waals surface area contributed by atoms with Crippen LogP contribution in [0.5, 0.6) is 11.5 Å². The van der Waals surface area contributed by atoms with Crippen LogP contribution in [0.3, 0.4) is 0 Å². The van der Waals surface area contributed by atoms with Crippen LogP contribution in [0.1, 0.15) is 5.69 Å². The fourth-order valence-corrected chi connectivity index (χ4v) is 2.59. The predicted molar refractivity (Wildman–Crippen MR) is 70.9 cm³/mol. The van der Waals surface area contributed by atoms with E-state index in [1.165, 1.54) is 4.70 Å². The van der Waals surface area contributed by atoms with Crippen molar-refractivity contribution in [3.8, 4) is 11.5 Å². The Bertz CT molecular complexity index is 660. The van der Waals surface area contributed by atoms with Crippen molar-refractivity contribution in [3.05, 3.63) is 53.7 Å². The summed E-state index contributed by atoms with van der Waals surface area (Å²) in [6, 6.07) is 12.1. The summed E-state index contributed by atoms with van der Waals surface area (Å²) in [5.41, 5.74) is 0.905. The molecule has 2 heterocycles. The maximum absolute atomic E-state index is 5.91. The monoisotopic (exact) mass is 241 g/mol. The molecule has 0 N–H and O–H groups in total. The van der Waals surface area contributed by atoms with E-state index in [0.29, 0.717) is 0 Å². The molecule has 0 amide bonds. The summed E-state index contributed by atoms with van der Waals surface area (Å²) in [6.45, 7) is 1.95. The molecule has 0 aliphatic carbocycles. The largest absolute Gasteiger partial charge is 0.454 e. The van der Waals surface area contributed by atoms with E-state index in [9.17, 15) is 0 Å². The summed E-state index contributed by atoms with van der Waals surface area (Å²) in [5, 5.41) is 3.19. The van der Waals surface area contributed by atoms with Crippen LogP contribution >= 0.6 is 11.3 Å². The number of fused-ring (bicyclic) bond motifs is 1. The molecule has 1 aromatic carbocycles. The predicted octanol–water partition coefficient (Wildman–Crippen LogP) is 4.40. The highest BCUT2D eigenvalue weighted by atomic mass is 32.1. The lowest BCUT2D eigenvalue weighted by atomic mass is 10.2. The molecule has 0 spiro atoms. The minimum absolute atomic E-state index is 0.816. The third-order valence-electron chi connectivity index (χ3n) is 2.62. The van der Waals surface area contributed by atoms with Crippen molar-refractivity contribution in [2.75, 3.05) is 0 Å². The normalized spacial score (nSPS) is 10.6. The molecule has 0 aliphatic heterocycles. The highest BCUT2D eigenvalue weighted by Crippen LogP contribution is 2.35. The van der Waals surface area contributed by atoms with Gasteiger partial charge in [0, 0.05) is 21.7 Å². The van der Waals surface area contributed by atoms with Gasteiger partial charge in [0.05, 0.1) is 5.69 Å². The third-order valence-corrected chi connectivity index (χ3v) is 3.57. The number of ether oxygens (including phenoxy) is 1. The molecule has 0 radical (unpaired) electrons. The van der Waals surface area contributed by atoms with E-state index in [4.69, 9.17) is 4.74 Å². The van der Waals surface area contributed by atoms with Crippen molar-refractivity contribution in [1.29, 1.82) is 0 Å². The topological polar surface area (TPSA) is 22.1 Å². The molecule has 0 fully saturated rings. The molecule has 0 bridgehead atoms. The van der Waals surface area contributed by atoms with Crippen molar-refractivity contribution in [1.82, 2.24) is 4.98 Å². The average Bonchev–Trinajstić information content (AvgIpc) is 2.76. The van der Waals surface area contributed by atoms with E-state index < -0.39 is 0 Å². The Morgan fingerprint density at radius 2 is 1.94 bits per heavy atom. The minimum atomic E-state index is 0.816. The van der Waals surface area contributed by atoms with Crippen LogP contribution in [-0.2, 0) is 0 Å². The molecule has 17 heavy (non-hydrogen) atoms. The smallest absolute Gasteiger partial charge is 0.148 e. The molecule has 3 rings (SSSR count). The van der Waals surface area contributed by atoms with Crippen LogP contribution in [0.4, 0.5) is 0 Å². The Hall–Kier alpha value is -1.87. The number of pyridine rings is 1. The van der Waals surface area contributed by atoms with E-state index in [1.54, 1.807) is 17.5 Å². The van der Waals surface area contributed by atoms with E-state index >= 15 is 0 Å². The number of thiophene rings is 1. The maximum atomic E-state index is 5.91. The van der Waals surface area contributed by atoms with Gasteiger partial charge in [0.1, 0.15) is 11.5 Å². The highest BCUT2D eigenvalue weighted by molar-refractivity contribution is 7.17. The van der Waals surface area contributed by atoms with Gasteiger partial charge >= 0.3 is 0 Å². The molecular formula is C14H11NOS. The van der Waals surface area contributed by atoms with Crippen LogP contribution < -0.4 is 4.74 Å². The molecule has 0 aliphatic rings. The van der Waals surface area contributed by atoms with E-state index in [2.05, 4.69) is 17.1 Å². The first-order valence-electron chi connectivity index (χ1n) is 5.40. The molecule has 3 aromatic rings. The van der Waals surface area contributed by atoms with Crippen molar-refractivity contribution in [2.45, 2.75) is 6.92 Å². The van der Waals surface area contributed by atoms with E-state index in [1.807, 2.05) is 36.6 Å². The Kier molecular flexibility index (Phi) is 2.53. The summed E-state index contributed by atoms with van der Waals surface area (Å²) in [4.78, 5) is 4.22. The van der Waals surface area contributed by atoms with Gasteiger partial charge in [-0.1, -0.05) is 12.1 Å². The second-order valence-corrected chi connectivity index (χ2v) is 4.70. The van der Waals surface area contributed by atoms with E-state index in [0.717, 1.165) is 22.6 Å². The SMILES string of the molecule is Cc1ncccc1Oc1csc2ccccc12. The number of hydrogen-bond acceptors (Lipinski definition) is 3.